The number of anilines is 1. The van der Waals surface area contributed by atoms with E-state index in [1.807, 2.05) is 0 Å². The predicted molar refractivity (Wildman–Crippen MR) is 65.4 cm³/mol. The minimum Gasteiger partial charge on any atom is -0.462 e. The van der Waals surface area contributed by atoms with Crippen LogP contribution in [0.1, 0.15) is 12.5 Å². The van der Waals surface area contributed by atoms with E-state index in [9.17, 15) is 18.0 Å². The van der Waals surface area contributed by atoms with Gasteiger partial charge in [-0.3, -0.25) is 0 Å². The van der Waals surface area contributed by atoms with E-state index in [1.165, 1.54) is 12.1 Å². The molecular weight excluding hydrogens is 273 g/mol. The van der Waals surface area contributed by atoms with Crippen molar-refractivity contribution in [3.05, 3.63) is 41.6 Å². The zero-order valence-electron chi connectivity index (χ0n) is 10.5. The highest BCUT2D eigenvalue weighted by atomic mass is 19.4. The maximum atomic E-state index is 12.5. The molecule has 0 aromatic heterocycles. The lowest BCUT2D eigenvalue weighted by Gasteiger charge is -2.08. The summed E-state index contributed by atoms with van der Waals surface area (Å²) in [6.45, 7) is 1.68. The minimum absolute atomic E-state index is 0.0986. The van der Waals surface area contributed by atoms with E-state index in [0.29, 0.717) is 0 Å². The summed E-state index contributed by atoms with van der Waals surface area (Å²) < 4.78 is 42.1. The standard InChI is InChI=1S/C13H11F3N2O2/c1-2-20-12(19)9(7-17)8-18-11-5-3-4-10(6-11)13(14,15)16/h3-6,8,18H,2H2,1H3/b9-8+. The van der Waals surface area contributed by atoms with Crippen LogP contribution in [-0.2, 0) is 15.7 Å². The van der Waals surface area contributed by atoms with Gasteiger partial charge in [-0.25, -0.2) is 4.79 Å². The number of ether oxygens (including phenoxy) is 1. The molecule has 1 aromatic rings. The second-order valence-corrected chi connectivity index (χ2v) is 3.61. The largest absolute Gasteiger partial charge is 0.462 e. The number of alkyl halides is 3. The number of halogens is 3. The minimum atomic E-state index is -4.46. The van der Waals surface area contributed by atoms with E-state index in [-0.39, 0.29) is 17.9 Å². The first-order valence-corrected chi connectivity index (χ1v) is 5.59. The number of rotatable bonds is 4. The third-order valence-electron chi connectivity index (χ3n) is 2.19. The summed E-state index contributed by atoms with van der Waals surface area (Å²) in [5, 5.41) is 11.2. The van der Waals surface area contributed by atoms with Gasteiger partial charge in [0, 0.05) is 11.9 Å². The van der Waals surface area contributed by atoms with Crippen LogP contribution in [0.3, 0.4) is 0 Å². The van der Waals surface area contributed by atoms with Crippen molar-refractivity contribution in [3.8, 4) is 6.07 Å². The van der Waals surface area contributed by atoms with Crippen molar-refractivity contribution in [1.82, 2.24) is 0 Å². The molecule has 0 aliphatic carbocycles. The summed E-state index contributed by atoms with van der Waals surface area (Å²) in [5.41, 5.74) is -1.05. The predicted octanol–water partition coefficient (Wildman–Crippen LogP) is 3.09. The van der Waals surface area contributed by atoms with E-state index in [4.69, 9.17) is 5.26 Å². The van der Waals surface area contributed by atoms with Crippen LogP contribution in [0.25, 0.3) is 0 Å². The van der Waals surface area contributed by atoms with Crippen LogP contribution in [0.4, 0.5) is 18.9 Å². The lowest BCUT2D eigenvalue weighted by molar-refractivity contribution is -0.138. The highest BCUT2D eigenvalue weighted by molar-refractivity contribution is 5.93. The molecule has 4 nitrogen and oxygen atoms in total. The van der Waals surface area contributed by atoms with Gasteiger partial charge in [0.15, 0.2) is 5.57 Å². The third-order valence-corrected chi connectivity index (χ3v) is 2.19. The maximum Gasteiger partial charge on any atom is 0.416 e. The first kappa shape index (κ1) is 15.6. The van der Waals surface area contributed by atoms with E-state index >= 15 is 0 Å². The second kappa shape index (κ2) is 6.61. The molecule has 1 rings (SSSR count). The van der Waals surface area contributed by atoms with Crippen LogP contribution in [0.2, 0.25) is 0 Å². The molecule has 0 radical (unpaired) electrons. The molecule has 0 amide bonds. The van der Waals surface area contributed by atoms with E-state index in [0.717, 1.165) is 18.3 Å². The number of hydrogen-bond acceptors (Lipinski definition) is 4. The highest BCUT2D eigenvalue weighted by Crippen LogP contribution is 2.30. The van der Waals surface area contributed by atoms with Gasteiger partial charge in [-0.15, -0.1) is 0 Å². The summed E-state index contributed by atoms with van der Waals surface area (Å²) >= 11 is 0. The molecule has 0 saturated carbocycles. The van der Waals surface area contributed by atoms with E-state index in [2.05, 4.69) is 10.1 Å². The first-order valence-electron chi connectivity index (χ1n) is 5.59. The van der Waals surface area contributed by atoms with Crippen molar-refractivity contribution in [3.63, 3.8) is 0 Å². The molecule has 1 N–H and O–H groups in total. The Labute approximate surface area is 113 Å². The highest BCUT2D eigenvalue weighted by Gasteiger charge is 2.30. The van der Waals surface area contributed by atoms with Crippen molar-refractivity contribution < 1.29 is 22.7 Å². The topological polar surface area (TPSA) is 62.1 Å². The van der Waals surface area contributed by atoms with Gasteiger partial charge in [-0.1, -0.05) is 6.07 Å². The molecule has 106 valence electrons. The van der Waals surface area contributed by atoms with Crippen LogP contribution < -0.4 is 5.32 Å². The lowest BCUT2D eigenvalue weighted by Crippen LogP contribution is -2.08. The molecule has 0 heterocycles. The average molecular weight is 284 g/mol. The van der Waals surface area contributed by atoms with Crippen LogP contribution >= 0.6 is 0 Å². The van der Waals surface area contributed by atoms with Gasteiger partial charge in [0.05, 0.1) is 12.2 Å². The number of nitriles is 1. The third kappa shape index (κ3) is 4.31. The Hall–Kier alpha value is -2.49. The molecule has 1 aromatic carbocycles. The maximum absolute atomic E-state index is 12.5. The van der Waals surface area contributed by atoms with Gasteiger partial charge in [0.1, 0.15) is 6.07 Å². The fourth-order valence-electron chi connectivity index (χ4n) is 1.29. The van der Waals surface area contributed by atoms with Gasteiger partial charge in [-0.2, -0.15) is 18.4 Å². The van der Waals surface area contributed by atoms with Crippen molar-refractivity contribution in [2.45, 2.75) is 13.1 Å². The Kier molecular flexibility index (Phi) is 5.15. The molecule has 0 aliphatic heterocycles. The lowest BCUT2D eigenvalue weighted by atomic mass is 10.2. The van der Waals surface area contributed by atoms with Crippen molar-refractivity contribution in [2.24, 2.45) is 0 Å². The van der Waals surface area contributed by atoms with Crippen molar-refractivity contribution >= 4 is 11.7 Å². The summed E-state index contributed by atoms with van der Waals surface area (Å²) in [5.74, 6) is -0.838. The average Bonchev–Trinajstić information content (AvgIpc) is 2.39. The summed E-state index contributed by atoms with van der Waals surface area (Å²) in [7, 11) is 0. The van der Waals surface area contributed by atoms with Crippen LogP contribution in [0, 0.1) is 11.3 Å². The normalized spacial score (nSPS) is 11.7. The monoisotopic (exact) mass is 284 g/mol. The zero-order chi connectivity index (χ0) is 15.2. The Morgan fingerprint density at radius 1 is 1.50 bits per heavy atom. The van der Waals surface area contributed by atoms with Gasteiger partial charge >= 0.3 is 12.1 Å². The number of nitrogens with one attached hydrogen (secondary N) is 1. The molecule has 0 atom stereocenters. The molecule has 0 aliphatic rings. The second-order valence-electron chi connectivity index (χ2n) is 3.61. The van der Waals surface area contributed by atoms with Gasteiger partial charge in [0.2, 0.25) is 0 Å². The van der Waals surface area contributed by atoms with E-state index in [1.54, 1.807) is 13.0 Å². The quantitative estimate of drug-likeness (QED) is 0.524. The SMILES string of the molecule is CCOC(=O)/C(C#N)=C/Nc1cccc(C(F)(F)F)c1. The number of hydrogen-bond donors (Lipinski definition) is 1. The fraction of sp³-hybridized carbons (Fsp3) is 0.231. The number of carbonyl (C=O) groups excluding carboxylic acids is 1. The number of esters is 1. The van der Waals surface area contributed by atoms with Crippen LogP contribution in [0.15, 0.2) is 36.0 Å². The first-order chi connectivity index (χ1) is 9.38. The van der Waals surface area contributed by atoms with Crippen molar-refractivity contribution in [2.75, 3.05) is 11.9 Å². The molecule has 0 spiro atoms. The van der Waals surface area contributed by atoms with Gasteiger partial charge < -0.3 is 10.1 Å². The van der Waals surface area contributed by atoms with Gasteiger partial charge in [-0.05, 0) is 25.1 Å². The van der Waals surface area contributed by atoms with Crippen LogP contribution in [-0.4, -0.2) is 12.6 Å². The Morgan fingerprint density at radius 2 is 2.20 bits per heavy atom. The molecule has 0 bridgehead atoms. The Bertz CT molecular complexity index is 559. The van der Waals surface area contributed by atoms with Crippen molar-refractivity contribution in [1.29, 1.82) is 5.26 Å². The number of carbonyl (C=O) groups is 1. The van der Waals surface area contributed by atoms with Crippen LogP contribution in [0.5, 0.6) is 0 Å². The fourth-order valence-corrected chi connectivity index (χ4v) is 1.29. The van der Waals surface area contributed by atoms with Gasteiger partial charge in [0.25, 0.3) is 0 Å². The smallest absolute Gasteiger partial charge is 0.416 e. The summed E-state index contributed by atoms with van der Waals surface area (Å²) in [6, 6.07) is 6.00. The summed E-state index contributed by atoms with van der Waals surface area (Å²) in [6.07, 6.45) is -3.45. The molecule has 0 saturated heterocycles. The zero-order valence-corrected chi connectivity index (χ0v) is 10.5. The number of nitrogens with zero attached hydrogens (tertiary/aromatic N) is 1. The molecule has 20 heavy (non-hydrogen) atoms. The molecular formula is C13H11F3N2O2. The van der Waals surface area contributed by atoms with E-state index < -0.39 is 17.7 Å². The number of benzene rings is 1. The summed E-state index contributed by atoms with van der Waals surface area (Å²) in [4.78, 5) is 11.3. The molecule has 0 unspecified atom stereocenters. The molecule has 0 fully saturated rings. The Morgan fingerprint density at radius 3 is 2.75 bits per heavy atom. The molecule has 7 heteroatoms. The Balaban J connectivity index is 2.89.